The van der Waals surface area contributed by atoms with Crippen LogP contribution in [0.1, 0.15) is 11.1 Å². The number of carbonyl (C=O) groups is 1. The molecule has 3 aromatic rings. The molecule has 33 heavy (non-hydrogen) atoms. The number of carbonyl (C=O) groups excluding carboxylic acids is 1. The third-order valence-corrected chi connectivity index (χ3v) is 5.53. The fourth-order valence-corrected chi connectivity index (χ4v) is 3.94. The minimum Gasteiger partial charge on any atom is -0.496 e. The largest absolute Gasteiger partial charge is 0.496 e. The molecule has 5 rings (SSSR count). The van der Waals surface area contributed by atoms with Crippen molar-refractivity contribution in [3.05, 3.63) is 83.6 Å². The highest BCUT2D eigenvalue weighted by Crippen LogP contribution is 2.35. The van der Waals surface area contributed by atoms with Gasteiger partial charge in [-0.1, -0.05) is 24.3 Å². The number of nitrogens with zero attached hydrogens (tertiary/aromatic N) is 1. The number of anilines is 1. The smallest absolute Gasteiger partial charge is 0.281 e. The number of amides is 1. The van der Waals surface area contributed by atoms with Crippen molar-refractivity contribution in [2.45, 2.75) is 6.61 Å². The Morgan fingerprint density at radius 3 is 2.70 bits per heavy atom. The van der Waals surface area contributed by atoms with Gasteiger partial charge in [0, 0.05) is 11.6 Å². The second-order valence-electron chi connectivity index (χ2n) is 7.34. The molecule has 2 aliphatic rings. The molecule has 1 amide bonds. The molecular formula is C25H20N2O5S. The molecule has 0 saturated carbocycles. The highest BCUT2D eigenvalue weighted by molar-refractivity contribution is 7.80. The molecular weight excluding hydrogens is 440 g/mol. The quantitative estimate of drug-likeness (QED) is 0.435. The lowest BCUT2D eigenvalue weighted by molar-refractivity contribution is -0.113. The summed E-state index contributed by atoms with van der Waals surface area (Å²) in [7, 11) is 1.61. The molecule has 1 N–H and O–H groups in total. The Morgan fingerprint density at radius 2 is 1.88 bits per heavy atom. The molecule has 166 valence electrons. The highest BCUT2D eigenvalue weighted by Gasteiger charge is 2.31. The summed E-state index contributed by atoms with van der Waals surface area (Å²) in [5, 5.41) is 3.36. The van der Waals surface area contributed by atoms with Crippen LogP contribution in [0.4, 0.5) is 5.69 Å². The van der Waals surface area contributed by atoms with Crippen LogP contribution in [-0.2, 0) is 11.4 Å². The third kappa shape index (κ3) is 4.20. The highest BCUT2D eigenvalue weighted by atomic mass is 32.1. The van der Waals surface area contributed by atoms with Crippen molar-refractivity contribution in [1.82, 2.24) is 5.32 Å². The summed E-state index contributed by atoms with van der Waals surface area (Å²) in [6, 6.07) is 20.4. The van der Waals surface area contributed by atoms with E-state index in [1.807, 2.05) is 60.7 Å². The van der Waals surface area contributed by atoms with Gasteiger partial charge in [-0.15, -0.1) is 0 Å². The topological polar surface area (TPSA) is 69.3 Å². The third-order valence-electron chi connectivity index (χ3n) is 5.25. The number of thiocarbonyl (C=S) groups is 1. The number of hydrogen-bond acceptors (Lipinski definition) is 6. The van der Waals surface area contributed by atoms with Gasteiger partial charge in [0.1, 0.15) is 23.8 Å². The Morgan fingerprint density at radius 1 is 1.06 bits per heavy atom. The number of ether oxygens (including phenoxy) is 4. The Kier molecular flexibility index (Phi) is 5.58. The number of nitrogens with one attached hydrogen (secondary N) is 1. The van der Waals surface area contributed by atoms with Crippen molar-refractivity contribution in [1.29, 1.82) is 0 Å². The van der Waals surface area contributed by atoms with Crippen LogP contribution in [0.3, 0.4) is 0 Å². The monoisotopic (exact) mass is 460 g/mol. The summed E-state index contributed by atoms with van der Waals surface area (Å²) >= 11 is 5.38. The van der Waals surface area contributed by atoms with Gasteiger partial charge in [-0.05, 0) is 60.3 Å². The van der Waals surface area contributed by atoms with E-state index < -0.39 is 0 Å². The lowest BCUT2D eigenvalue weighted by Crippen LogP contribution is -2.30. The number of benzene rings is 3. The average Bonchev–Trinajstić information content (AvgIpc) is 3.41. The lowest BCUT2D eigenvalue weighted by Gasteiger charge is -2.13. The van der Waals surface area contributed by atoms with Crippen LogP contribution in [0.2, 0.25) is 0 Å². The Bertz CT molecular complexity index is 1260. The number of methoxy groups -OCH3 is 1. The maximum Gasteiger partial charge on any atom is 0.281 e. The first-order valence-corrected chi connectivity index (χ1v) is 10.6. The summed E-state index contributed by atoms with van der Waals surface area (Å²) in [6.07, 6.45) is 1.76. The molecule has 7 nitrogen and oxygen atoms in total. The molecule has 0 bridgehead atoms. The second-order valence-corrected chi connectivity index (χ2v) is 7.73. The normalized spacial score (nSPS) is 15.7. The summed E-state index contributed by atoms with van der Waals surface area (Å²) in [5.74, 6) is 2.49. The molecule has 2 aliphatic heterocycles. The average molecular weight is 461 g/mol. The minimum absolute atomic E-state index is 0.208. The number of para-hydroxylation sites is 1. The van der Waals surface area contributed by atoms with E-state index in [1.54, 1.807) is 19.3 Å². The predicted molar refractivity (Wildman–Crippen MR) is 128 cm³/mol. The van der Waals surface area contributed by atoms with Gasteiger partial charge < -0.3 is 24.3 Å². The van der Waals surface area contributed by atoms with Crippen molar-refractivity contribution in [3.8, 4) is 23.0 Å². The first-order valence-electron chi connectivity index (χ1n) is 10.2. The van der Waals surface area contributed by atoms with Crippen LogP contribution >= 0.6 is 12.2 Å². The van der Waals surface area contributed by atoms with Gasteiger partial charge in [0.25, 0.3) is 5.91 Å². The summed E-state index contributed by atoms with van der Waals surface area (Å²) in [6.45, 7) is 0.483. The molecule has 0 radical (unpaired) electrons. The van der Waals surface area contributed by atoms with E-state index in [1.165, 1.54) is 4.90 Å². The van der Waals surface area contributed by atoms with E-state index >= 15 is 0 Å². The predicted octanol–water partition coefficient (Wildman–Crippen LogP) is 4.27. The SMILES string of the molecule is COc1ccc(/C=C2/NC(=S)N(c3ccccc3)C2=O)cc1COc1ccc2c(c1)OCO2. The van der Waals surface area contributed by atoms with E-state index in [9.17, 15) is 4.79 Å². The fourth-order valence-electron chi connectivity index (χ4n) is 3.64. The fraction of sp³-hybridized carbons (Fsp3) is 0.120. The molecule has 1 fully saturated rings. The van der Waals surface area contributed by atoms with Crippen molar-refractivity contribution >= 4 is 35.0 Å². The second kappa shape index (κ2) is 8.84. The van der Waals surface area contributed by atoms with Gasteiger partial charge in [-0.3, -0.25) is 9.69 Å². The van der Waals surface area contributed by atoms with Crippen molar-refractivity contribution in [2.75, 3.05) is 18.8 Å². The number of fused-ring (bicyclic) bond motifs is 1. The standard InChI is InChI=1S/C25H20N2O5S/c1-29-21-9-7-16(11-17(21)14-30-19-8-10-22-23(13-19)32-15-31-22)12-20-24(28)27(25(33)26-20)18-5-3-2-4-6-18/h2-13H,14-15H2,1H3,(H,26,33)/b20-12+. The zero-order chi connectivity index (χ0) is 22.8. The molecule has 1 saturated heterocycles. The van der Waals surface area contributed by atoms with E-state index in [4.69, 9.17) is 31.2 Å². The van der Waals surface area contributed by atoms with Crippen LogP contribution in [0.25, 0.3) is 6.08 Å². The van der Waals surface area contributed by atoms with E-state index in [2.05, 4.69) is 5.32 Å². The summed E-state index contributed by atoms with van der Waals surface area (Å²) in [4.78, 5) is 14.4. The van der Waals surface area contributed by atoms with Crippen molar-refractivity contribution in [3.63, 3.8) is 0 Å². The van der Waals surface area contributed by atoms with Gasteiger partial charge in [0.05, 0.1) is 12.8 Å². The number of rotatable bonds is 6. The van der Waals surface area contributed by atoms with E-state index in [0.29, 0.717) is 33.8 Å². The minimum atomic E-state index is -0.208. The molecule has 2 heterocycles. The first kappa shape index (κ1) is 20.8. The van der Waals surface area contributed by atoms with Crippen LogP contribution in [0.5, 0.6) is 23.0 Å². The zero-order valence-corrected chi connectivity index (χ0v) is 18.6. The first-order chi connectivity index (χ1) is 16.1. The molecule has 3 aromatic carbocycles. The molecule has 0 atom stereocenters. The van der Waals surface area contributed by atoms with Gasteiger partial charge in [-0.2, -0.15) is 0 Å². The van der Waals surface area contributed by atoms with Crippen molar-refractivity contribution < 1.29 is 23.7 Å². The van der Waals surface area contributed by atoms with E-state index in [0.717, 1.165) is 16.8 Å². The van der Waals surface area contributed by atoms with Gasteiger partial charge in [0.2, 0.25) is 6.79 Å². The van der Waals surface area contributed by atoms with Crippen molar-refractivity contribution in [2.24, 2.45) is 0 Å². The zero-order valence-electron chi connectivity index (χ0n) is 17.7. The molecule has 0 aliphatic carbocycles. The maximum atomic E-state index is 13.0. The molecule has 0 unspecified atom stereocenters. The van der Waals surface area contributed by atoms with Crippen LogP contribution in [0, 0.1) is 0 Å². The van der Waals surface area contributed by atoms with Crippen LogP contribution < -0.4 is 29.2 Å². The summed E-state index contributed by atoms with van der Waals surface area (Å²) < 4.78 is 22.2. The van der Waals surface area contributed by atoms with Gasteiger partial charge in [0.15, 0.2) is 16.6 Å². The molecule has 8 heteroatoms. The molecule has 0 spiro atoms. The summed E-state index contributed by atoms with van der Waals surface area (Å²) in [5.41, 5.74) is 2.76. The number of hydrogen-bond donors (Lipinski definition) is 1. The van der Waals surface area contributed by atoms with Crippen LogP contribution in [0.15, 0.2) is 72.4 Å². The Labute approximate surface area is 196 Å². The van der Waals surface area contributed by atoms with Gasteiger partial charge in [-0.25, -0.2) is 0 Å². The maximum absolute atomic E-state index is 13.0. The Hall–Kier alpha value is -4.04. The molecule has 0 aromatic heterocycles. The Balaban J connectivity index is 1.36. The van der Waals surface area contributed by atoms with Crippen LogP contribution in [-0.4, -0.2) is 24.9 Å². The lowest BCUT2D eigenvalue weighted by atomic mass is 10.1. The van der Waals surface area contributed by atoms with E-state index in [-0.39, 0.29) is 19.3 Å². The van der Waals surface area contributed by atoms with Gasteiger partial charge >= 0.3 is 0 Å².